The Bertz CT molecular complexity index is 117. The lowest BCUT2D eigenvalue weighted by molar-refractivity contribution is -0.136. The molecule has 0 aliphatic carbocycles. The Kier molecular flexibility index (Phi) is 3.88. The fraction of sp³-hybridized carbons (Fsp3) is 0.667. The van der Waals surface area contributed by atoms with Crippen LogP contribution < -0.4 is 0 Å². The maximum absolute atomic E-state index is 10.5. The molecule has 0 heterocycles. The molecule has 0 aromatic heterocycles. The second-order valence-corrected chi connectivity index (χ2v) is 1.67. The molecule has 0 atom stereocenters. The van der Waals surface area contributed by atoms with Gasteiger partial charge in [-0.15, -0.1) is 0 Å². The molecule has 1 N–H and O–H groups in total. The number of aliphatic hydroxyl groups is 1. The molecule has 0 aromatic carbocycles. The van der Waals surface area contributed by atoms with Gasteiger partial charge in [0, 0.05) is 12.8 Å². The summed E-state index contributed by atoms with van der Waals surface area (Å²) in [5.74, 6) is -0.871. The van der Waals surface area contributed by atoms with E-state index < -0.39 is 11.6 Å². The SMILES string of the molecule is CCC(=O)C(=O)CCO. The van der Waals surface area contributed by atoms with Crippen LogP contribution in [-0.2, 0) is 9.59 Å². The van der Waals surface area contributed by atoms with Crippen LogP contribution in [0.2, 0.25) is 0 Å². The molecular formula is C6H10O3. The van der Waals surface area contributed by atoms with Gasteiger partial charge < -0.3 is 5.11 Å². The monoisotopic (exact) mass is 130 g/mol. The molecule has 0 aliphatic heterocycles. The van der Waals surface area contributed by atoms with Crippen molar-refractivity contribution in [2.45, 2.75) is 19.8 Å². The van der Waals surface area contributed by atoms with E-state index >= 15 is 0 Å². The molecule has 3 nitrogen and oxygen atoms in total. The minimum absolute atomic E-state index is 0.0350. The summed E-state index contributed by atoms with van der Waals surface area (Å²) in [6.45, 7) is 1.39. The second kappa shape index (κ2) is 4.21. The van der Waals surface area contributed by atoms with Gasteiger partial charge in [0.1, 0.15) is 0 Å². The minimum atomic E-state index is -0.472. The van der Waals surface area contributed by atoms with Crippen LogP contribution in [0.3, 0.4) is 0 Å². The zero-order valence-electron chi connectivity index (χ0n) is 5.39. The number of carbonyl (C=O) groups is 2. The largest absolute Gasteiger partial charge is 0.396 e. The molecule has 52 valence electrons. The minimum Gasteiger partial charge on any atom is -0.396 e. The van der Waals surface area contributed by atoms with Crippen molar-refractivity contribution in [1.29, 1.82) is 0 Å². The van der Waals surface area contributed by atoms with E-state index in [1.54, 1.807) is 6.92 Å². The van der Waals surface area contributed by atoms with Crippen molar-refractivity contribution in [3.05, 3.63) is 0 Å². The van der Waals surface area contributed by atoms with E-state index in [0.29, 0.717) is 0 Å². The molecule has 0 saturated carbocycles. The lowest BCUT2D eigenvalue weighted by atomic mass is 10.2. The molecule has 0 saturated heterocycles. The Balaban J connectivity index is 3.60. The van der Waals surface area contributed by atoms with Crippen molar-refractivity contribution >= 4 is 11.6 Å². The van der Waals surface area contributed by atoms with Gasteiger partial charge in [0.15, 0.2) is 5.78 Å². The van der Waals surface area contributed by atoms with Crippen LogP contribution in [0.5, 0.6) is 0 Å². The van der Waals surface area contributed by atoms with E-state index in [0.717, 1.165) is 0 Å². The summed E-state index contributed by atoms with van der Waals surface area (Å²) >= 11 is 0. The van der Waals surface area contributed by atoms with Gasteiger partial charge in [-0.2, -0.15) is 0 Å². The van der Waals surface area contributed by atoms with Crippen LogP contribution >= 0.6 is 0 Å². The number of carbonyl (C=O) groups excluding carboxylic acids is 2. The zero-order valence-corrected chi connectivity index (χ0v) is 5.39. The van der Waals surface area contributed by atoms with Gasteiger partial charge in [-0.1, -0.05) is 6.92 Å². The van der Waals surface area contributed by atoms with Crippen molar-refractivity contribution in [3.63, 3.8) is 0 Å². The molecule has 0 fully saturated rings. The highest BCUT2D eigenvalue weighted by Gasteiger charge is 2.08. The first kappa shape index (κ1) is 8.30. The summed E-state index contributed by atoms with van der Waals surface area (Å²) in [6, 6.07) is 0. The van der Waals surface area contributed by atoms with Crippen molar-refractivity contribution in [1.82, 2.24) is 0 Å². The first-order valence-electron chi connectivity index (χ1n) is 2.89. The molecule has 0 aliphatic rings. The Labute approximate surface area is 53.7 Å². The Morgan fingerprint density at radius 2 is 1.89 bits per heavy atom. The normalized spacial score (nSPS) is 9.11. The van der Waals surface area contributed by atoms with Crippen LogP contribution in [0.25, 0.3) is 0 Å². The van der Waals surface area contributed by atoms with Gasteiger partial charge in [0.05, 0.1) is 6.61 Å². The standard InChI is InChI=1S/C6H10O3/c1-2-5(8)6(9)3-4-7/h7H,2-4H2,1H3. The molecule has 0 amide bonds. The van der Waals surface area contributed by atoms with E-state index in [1.165, 1.54) is 0 Å². The lowest BCUT2D eigenvalue weighted by Crippen LogP contribution is -2.13. The van der Waals surface area contributed by atoms with Gasteiger partial charge in [-0.3, -0.25) is 9.59 Å². The lowest BCUT2D eigenvalue weighted by Gasteiger charge is -1.90. The maximum atomic E-state index is 10.5. The van der Waals surface area contributed by atoms with Crippen LogP contribution in [0, 0.1) is 0 Å². The number of hydrogen-bond acceptors (Lipinski definition) is 3. The van der Waals surface area contributed by atoms with Crippen LogP contribution in [0.1, 0.15) is 19.8 Å². The first-order valence-corrected chi connectivity index (χ1v) is 2.89. The van der Waals surface area contributed by atoms with E-state index in [9.17, 15) is 9.59 Å². The van der Waals surface area contributed by atoms with Crippen molar-refractivity contribution < 1.29 is 14.7 Å². The highest BCUT2D eigenvalue weighted by Crippen LogP contribution is 1.87. The highest BCUT2D eigenvalue weighted by molar-refractivity contribution is 6.37. The highest BCUT2D eigenvalue weighted by atomic mass is 16.3. The maximum Gasteiger partial charge on any atom is 0.200 e. The summed E-state index contributed by atoms with van der Waals surface area (Å²) in [4.78, 5) is 20.9. The Morgan fingerprint density at radius 3 is 2.22 bits per heavy atom. The number of rotatable bonds is 4. The predicted octanol–water partition coefficient (Wildman–Crippen LogP) is -0.0830. The summed E-state index contributed by atoms with van der Waals surface area (Å²) < 4.78 is 0. The average molecular weight is 130 g/mol. The quantitative estimate of drug-likeness (QED) is 0.541. The molecule has 0 spiro atoms. The summed E-state index contributed by atoms with van der Waals surface area (Å²) in [7, 11) is 0. The topological polar surface area (TPSA) is 54.4 Å². The fourth-order valence-electron chi connectivity index (χ4n) is 0.438. The van der Waals surface area contributed by atoms with Crippen molar-refractivity contribution in [2.75, 3.05) is 6.61 Å². The van der Waals surface area contributed by atoms with Crippen molar-refractivity contribution in [2.24, 2.45) is 0 Å². The van der Waals surface area contributed by atoms with E-state index in [2.05, 4.69) is 0 Å². The van der Waals surface area contributed by atoms with E-state index in [-0.39, 0.29) is 19.4 Å². The fourth-order valence-corrected chi connectivity index (χ4v) is 0.438. The van der Waals surface area contributed by atoms with Gasteiger partial charge >= 0.3 is 0 Å². The van der Waals surface area contributed by atoms with Gasteiger partial charge in [-0.25, -0.2) is 0 Å². The predicted molar refractivity (Wildman–Crippen MR) is 32.0 cm³/mol. The third-order valence-electron chi connectivity index (χ3n) is 0.971. The molecule has 0 unspecified atom stereocenters. The molecule has 9 heavy (non-hydrogen) atoms. The number of aliphatic hydroxyl groups excluding tert-OH is 1. The van der Waals surface area contributed by atoms with Crippen molar-refractivity contribution in [3.8, 4) is 0 Å². The molecule has 0 bridgehead atoms. The number of Topliss-reactive ketones (excluding diaryl/α,β-unsaturated/α-hetero) is 2. The van der Waals surface area contributed by atoms with E-state index in [1.807, 2.05) is 0 Å². The Morgan fingerprint density at radius 1 is 1.33 bits per heavy atom. The molecule has 0 radical (unpaired) electrons. The van der Waals surface area contributed by atoms with Crippen LogP contribution in [-0.4, -0.2) is 23.3 Å². The summed E-state index contributed by atoms with van der Waals surface area (Å²) in [5.41, 5.74) is 0. The van der Waals surface area contributed by atoms with E-state index in [4.69, 9.17) is 5.11 Å². The number of hydrogen-bond donors (Lipinski definition) is 1. The number of ketones is 2. The van der Waals surface area contributed by atoms with Gasteiger partial charge in [-0.05, 0) is 0 Å². The third-order valence-corrected chi connectivity index (χ3v) is 0.971. The van der Waals surface area contributed by atoms with Gasteiger partial charge in [0.2, 0.25) is 5.78 Å². The second-order valence-electron chi connectivity index (χ2n) is 1.67. The van der Waals surface area contributed by atoms with Crippen LogP contribution in [0.15, 0.2) is 0 Å². The third kappa shape index (κ3) is 2.98. The Hall–Kier alpha value is -0.700. The zero-order chi connectivity index (χ0) is 7.28. The van der Waals surface area contributed by atoms with Crippen LogP contribution in [0.4, 0.5) is 0 Å². The summed E-state index contributed by atoms with van der Waals surface area (Å²) in [5, 5.41) is 8.21. The average Bonchev–Trinajstić information content (AvgIpc) is 1.87. The van der Waals surface area contributed by atoms with Gasteiger partial charge in [0.25, 0.3) is 0 Å². The smallest absolute Gasteiger partial charge is 0.200 e. The molecule has 3 heteroatoms. The summed E-state index contributed by atoms with van der Waals surface area (Å²) in [6.07, 6.45) is 0.200. The first-order chi connectivity index (χ1) is 4.22. The molecular weight excluding hydrogens is 120 g/mol. The molecule has 0 aromatic rings. The molecule has 0 rings (SSSR count).